The van der Waals surface area contributed by atoms with Crippen molar-refractivity contribution in [2.24, 2.45) is 51.8 Å². The zero-order valence-electron chi connectivity index (χ0n) is 29.1. The van der Waals surface area contributed by atoms with Crippen LogP contribution in [0.3, 0.4) is 0 Å². The first kappa shape index (κ1) is 34.8. The minimum atomic E-state index is -1.76. The third-order valence-corrected chi connectivity index (χ3v) is 15.6. The lowest BCUT2D eigenvalue weighted by molar-refractivity contribution is -0.345. The number of hydrogen-bond donors (Lipinski definition) is 6. The van der Waals surface area contributed by atoms with E-state index < -0.39 is 74.9 Å². The molecule has 0 aromatic heterocycles. The number of rotatable bonds is 9. The van der Waals surface area contributed by atoms with Crippen LogP contribution in [-0.2, 0) is 19.1 Å². The fraction of sp³-hybridized carbons (Fsp3) is 0.842. The second-order valence-electron chi connectivity index (χ2n) is 17.2. The Balaban J connectivity index is 1.35. The number of fused-ring (bicyclic) bond motifs is 8. The maximum absolute atomic E-state index is 13.7. The fourth-order valence-electron chi connectivity index (χ4n) is 13.3. The van der Waals surface area contributed by atoms with E-state index in [4.69, 9.17) is 9.47 Å². The molecule has 7 aliphatic rings. The molecule has 0 aromatic carbocycles. The topological polar surface area (TPSA) is 166 Å². The maximum atomic E-state index is 13.7. The molecular formula is C38H57NO9. The largest absolute Gasteiger partial charge is 0.450 e. The second kappa shape index (κ2) is 11.7. The van der Waals surface area contributed by atoms with Gasteiger partial charge in [-0.25, -0.2) is 4.79 Å². The van der Waals surface area contributed by atoms with Gasteiger partial charge in [-0.05, 0) is 106 Å². The molecule has 0 bridgehead atoms. The molecule has 7 rings (SSSR count). The standard InChI is InChI=1S/C38H57NO9/c1-22(2)23-6-7-27-29(42)8-11-34(20-40)30-9-10-33(3)35(21-41)25(18-37(33,45)36(30,44)17-26(14-23)38(27,34)46)15-24(19-39-12-5-13-47-4)32-28(35)16-31(43)48-32/h15-16,20,22-23,25-27,29-30,32,39,41-42,44-46H,5-14,17-19,21H2,1-4H3/t23-,25+,26+,27+,29+,30-,32+,33-,34+,35-,36+,37-,38+/m1/s1. The van der Waals surface area contributed by atoms with Crippen LogP contribution in [0, 0.1) is 51.8 Å². The van der Waals surface area contributed by atoms with Crippen LogP contribution in [0.5, 0.6) is 0 Å². The summed E-state index contributed by atoms with van der Waals surface area (Å²) in [6, 6.07) is 0. The Hall–Kier alpha value is -1.66. The van der Waals surface area contributed by atoms with Crippen LogP contribution in [0.15, 0.2) is 23.3 Å². The molecule has 0 spiro atoms. The third-order valence-electron chi connectivity index (χ3n) is 15.6. The van der Waals surface area contributed by atoms with E-state index in [0.717, 1.165) is 24.7 Å². The molecule has 0 unspecified atom stereocenters. The first-order chi connectivity index (χ1) is 22.7. The van der Waals surface area contributed by atoms with Crippen molar-refractivity contribution in [3.63, 3.8) is 0 Å². The van der Waals surface area contributed by atoms with Crippen molar-refractivity contribution in [2.45, 2.75) is 114 Å². The average Bonchev–Trinajstić information content (AvgIpc) is 3.47. The van der Waals surface area contributed by atoms with Crippen molar-refractivity contribution in [2.75, 3.05) is 33.4 Å². The summed E-state index contributed by atoms with van der Waals surface area (Å²) in [6.07, 6.45) is 7.46. The van der Waals surface area contributed by atoms with E-state index in [-0.39, 0.29) is 31.8 Å². The normalized spacial score (nSPS) is 50.6. The highest BCUT2D eigenvalue weighted by Gasteiger charge is 2.84. The second-order valence-corrected chi connectivity index (χ2v) is 17.2. The van der Waals surface area contributed by atoms with Gasteiger partial charge in [-0.15, -0.1) is 0 Å². The minimum absolute atomic E-state index is 0.103. The predicted octanol–water partition coefficient (Wildman–Crippen LogP) is 2.44. The van der Waals surface area contributed by atoms with Gasteiger partial charge in [-0.2, -0.15) is 0 Å². The van der Waals surface area contributed by atoms with Crippen molar-refractivity contribution in [1.29, 1.82) is 0 Å². The van der Waals surface area contributed by atoms with E-state index in [2.05, 4.69) is 25.2 Å². The summed E-state index contributed by atoms with van der Waals surface area (Å²) in [4.78, 5) is 26.6. The average molecular weight is 672 g/mol. The molecule has 1 aliphatic heterocycles. The van der Waals surface area contributed by atoms with Gasteiger partial charge in [0.05, 0.1) is 29.3 Å². The van der Waals surface area contributed by atoms with Crippen molar-refractivity contribution >= 4 is 12.3 Å². The van der Waals surface area contributed by atoms with E-state index in [9.17, 15) is 35.1 Å². The number of esters is 1. The maximum Gasteiger partial charge on any atom is 0.331 e. The summed E-state index contributed by atoms with van der Waals surface area (Å²) in [6.45, 7) is 7.72. The number of hydrogen-bond acceptors (Lipinski definition) is 10. The lowest BCUT2D eigenvalue weighted by Gasteiger charge is -2.72. The van der Waals surface area contributed by atoms with E-state index >= 15 is 0 Å². The smallest absolute Gasteiger partial charge is 0.331 e. The van der Waals surface area contributed by atoms with Gasteiger partial charge in [0.1, 0.15) is 18.0 Å². The van der Waals surface area contributed by atoms with Crippen molar-refractivity contribution in [1.82, 2.24) is 5.32 Å². The highest BCUT2D eigenvalue weighted by Crippen LogP contribution is 2.79. The summed E-state index contributed by atoms with van der Waals surface area (Å²) < 4.78 is 11.1. The Bertz CT molecular complexity index is 1380. The highest BCUT2D eigenvalue weighted by molar-refractivity contribution is 5.87. The Morgan fingerprint density at radius 3 is 2.58 bits per heavy atom. The first-order valence-electron chi connectivity index (χ1n) is 18.5. The lowest BCUT2D eigenvalue weighted by Crippen LogP contribution is -2.81. The fourth-order valence-corrected chi connectivity index (χ4v) is 13.3. The van der Waals surface area contributed by atoms with E-state index in [1.807, 2.05) is 6.92 Å². The Kier molecular flexibility index (Phi) is 8.47. The Morgan fingerprint density at radius 2 is 1.90 bits per heavy atom. The molecule has 13 atom stereocenters. The Labute approximate surface area is 284 Å². The molecular weight excluding hydrogens is 614 g/mol. The highest BCUT2D eigenvalue weighted by atomic mass is 16.5. The number of ether oxygens (including phenoxy) is 2. The van der Waals surface area contributed by atoms with E-state index in [0.29, 0.717) is 63.3 Å². The van der Waals surface area contributed by atoms with Crippen molar-refractivity contribution in [3.8, 4) is 0 Å². The van der Waals surface area contributed by atoms with Gasteiger partial charge in [-0.1, -0.05) is 26.8 Å². The van der Waals surface area contributed by atoms with Gasteiger partial charge in [0, 0.05) is 49.0 Å². The van der Waals surface area contributed by atoms with Gasteiger partial charge in [-0.3, -0.25) is 0 Å². The van der Waals surface area contributed by atoms with Gasteiger partial charge in [0.25, 0.3) is 0 Å². The van der Waals surface area contributed by atoms with Crippen LogP contribution in [0.4, 0.5) is 0 Å². The monoisotopic (exact) mass is 671 g/mol. The number of methoxy groups -OCH3 is 1. The van der Waals surface area contributed by atoms with E-state index in [1.165, 1.54) is 6.08 Å². The number of carbonyl (C=O) groups excluding carboxylic acids is 2. The lowest BCUT2D eigenvalue weighted by atomic mass is 9.35. The summed E-state index contributed by atoms with van der Waals surface area (Å²) in [7, 11) is 1.66. The van der Waals surface area contributed by atoms with E-state index in [1.54, 1.807) is 7.11 Å². The summed E-state index contributed by atoms with van der Waals surface area (Å²) in [5.41, 5.74) is -6.98. The van der Waals surface area contributed by atoms with Crippen LogP contribution >= 0.6 is 0 Å². The molecule has 0 aromatic rings. The van der Waals surface area contributed by atoms with Crippen molar-refractivity contribution < 1.29 is 44.6 Å². The van der Waals surface area contributed by atoms with Gasteiger partial charge in [0.2, 0.25) is 0 Å². The molecule has 0 radical (unpaired) electrons. The summed E-state index contributed by atoms with van der Waals surface area (Å²) >= 11 is 0. The molecule has 48 heavy (non-hydrogen) atoms. The van der Waals surface area contributed by atoms with Crippen molar-refractivity contribution in [3.05, 3.63) is 23.3 Å². The SMILES string of the molecule is COCCCNCC1=C[C@H]2C[C@@]3(O)[C@](C)(CC[C@H]4[C@@]3(O)C[C@@H]3C[C@H](C(C)C)CC[C@H]5[C@@H](O)CC[C@@]4(C=O)[C@]35O)[C@@]2(CO)C2=CC(=O)O[C@@H]12. The van der Waals surface area contributed by atoms with Crippen LogP contribution < -0.4 is 5.32 Å². The zero-order valence-corrected chi connectivity index (χ0v) is 29.1. The summed E-state index contributed by atoms with van der Waals surface area (Å²) in [5, 5.41) is 66.2. The quantitative estimate of drug-likeness (QED) is 0.0928. The molecule has 10 heteroatoms. The molecule has 0 saturated heterocycles. The van der Waals surface area contributed by atoms with Crippen LogP contribution in [0.25, 0.3) is 0 Å². The molecule has 5 saturated carbocycles. The molecule has 6 N–H and O–H groups in total. The van der Waals surface area contributed by atoms with Crippen LogP contribution in [-0.4, -0.2) is 100 Å². The number of aldehydes is 1. The van der Waals surface area contributed by atoms with Gasteiger partial charge in [0.15, 0.2) is 0 Å². The Morgan fingerprint density at radius 1 is 1.12 bits per heavy atom. The third kappa shape index (κ3) is 4.11. The molecule has 1 heterocycles. The molecule has 5 fully saturated rings. The minimum Gasteiger partial charge on any atom is -0.450 e. The number of aliphatic hydroxyl groups is 5. The first-order valence-corrected chi connectivity index (χ1v) is 18.5. The molecule has 0 amide bonds. The summed E-state index contributed by atoms with van der Waals surface area (Å²) in [5.74, 6) is -2.07. The zero-order chi connectivity index (χ0) is 34.5. The predicted molar refractivity (Wildman–Crippen MR) is 176 cm³/mol. The van der Waals surface area contributed by atoms with Crippen LogP contribution in [0.1, 0.15) is 85.0 Å². The number of aliphatic hydroxyl groups excluding tert-OH is 2. The molecule has 6 aliphatic carbocycles. The molecule has 268 valence electrons. The van der Waals surface area contributed by atoms with Crippen LogP contribution in [0.2, 0.25) is 0 Å². The molecule has 10 nitrogen and oxygen atoms in total. The van der Waals surface area contributed by atoms with Gasteiger partial charge >= 0.3 is 5.97 Å². The number of carbonyl (C=O) groups is 2. The number of nitrogens with one attached hydrogen (secondary N) is 1. The number of allylic oxidation sites excluding steroid dienone is 1. The van der Waals surface area contributed by atoms with Gasteiger partial charge < -0.3 is 45.1 Å².